The van der Waals surface area contributed by atoms with Crippen LogP contribution in [0.4, 0.5) is 0 Å². The summed E-state index contributed by atoms with van der Waals surface area (Å²) in [6.07, 6.45) is 4.16. The Labute approximate surface area is 115 Å². The third kappa shape index (κ3) is 2.74. The molecule has 0 atom stereocenters. The molecule has 0 radical (unpaired) electrons. The summed E-state index contributed by atoms with van der Waals surface area (Å²) in [5, 5.41) is 6.32. The van der Waals surface area contributed by atoms with Crippen molar-refractivity contribution >= 4 is 5.97 Å². The number of esters is 1. The van der Waals surface area contributed by atoms with Crippen LogP contribution in [0.3, 0.4) is 0 Å². The van der Waals surface area contributed by atoms with Gasteiger partial charge in [-0.1, -0.05) is 6.92 Å². The number of rotatable bonds is 4. The largest absolute Gasteiger partial charge is 0.462 e. The van der Waals surface area contributed by atoms with Gasteiger partial charge < -0.3 is 4.74 Å². The Bertz CT molecular complexity index is 679. The fraction of sp³-hybridized carbons (Fsp3) is 0.286. The summed E-state index contributed by atoms with van der Waals surface area (Å²) in [6, 6.07) is 3.25. The minimum absolute atomic E-state index is 0.0456. The molecule has 0 bridgehead atoms. The van der Waals surface area contributed by atoms with Crippen LogP contribution in [0.25, 0.3) is 11.3 Å². The standard InChI is InChI=1S/C14H15N3O3/c1-3-9-8-15-6-5-10(9)12-7-11(13(18)17-16-12)14(19)20-4-2/h5-8H,3-4H2,1-2H3,(H,17,18). The van der Waals surface area contributed by atoms with E-state index in [0.717, 1.165) is 17.5 Å². The van der Waals surface area contributed by atoms with Crippen LogP contribution in [0.2, 0.25) is 0 Å². The van der Waals surface area contributed by atoms with Crippen LogP contribution in [0.5, 0.6) is 0 Å². The fourth-order valence-corrected chi connectivity index (χ4v) is 1.86. The van der Waals surface area contributed by atoms with Crippen molar-refractivity contribution in [2.45, 2.75) is 20.3 Å². The normalized spacial score (nSPS) is 10.3. The molecule has 0 amide bonds. The molecule has 0 fully saturated rings. The third-order valence-corrected chi connectivity index (χ3v) is 2.86. The Morgan fingerprint density at radius 1 is 1.40 bits per heavy atom. The molecular weight excluding hydrogens is 258 g/mol. The van der Waals surface area contributed by atoms with Gasteiger partial charge in [-0.05, 0) is 31.0 Å². The van der Waals surface area contributed by atoms with Crippen LogP contribution >= 0.6 is 0 Å². The molecule has 0 aliphatic heterocycles. The molecule has 6 nitrogen and oxygen atoms in total. The molecule has 0 aromatic carbocycles. The van der Waals surface area contributed by atoms with Gasteiger partial charge in [-0.25, -0.2) is 9.89 Å². The highest BCUT2D eigenvalue weighted by atomic mass is 16.5. The fourth-order valence-electron chi connectivity index (χ4n) is 1.86. The summed E-state index contributed by atoms with van der Waals surface area (Å²) in [5.41, 5.74) is 1.74. The Balaban J connectivity index is 2.51. The Kier molecular flexibility index (Phi) is 4.24. The van der Waals surface area contributed by atoms with Gasteiger partial charge in [0.1, 0.15) is 5.56 Å². The van der Waals surface area contributed by atoms with Gasteiger partial charge >= 0.3 is 5.97 Å². The number of carbonyl (C=O) groups excluding carboxylic acids is 1. The quantitative estimate of drug-likeness (QED) is 0.855. The van der Waals surface area contributed by atoms with E-state index in [1.807, 2.05) is 6.92 Å². The minimum Gasteiger partial charge on any atom is -0.462 e. The average Bonchev–Trinajstić information content (AvgIpc) is 2.48. The highest BCUT2D eigenvalue weighted by molar-refractivity contribution is 5.90. The summed E-state index contributed by atoms with van der Waals surface area (Å²) in [4.78, 5) is 27.4. The van der Waals surface area contributed by atoms with E-state index >= 15 is 0 Å². The van der Waals surface area contributed by atoms with Crippen LogP contribution < -0.4 is 5.56 Å². The van der Waals surface area contributed by atoms with Crippen LogP contribution in [0, 0.1) is 0 Å². The van der Waals surface area contributed by atoms with Crippen molar-refractivity contribution in [3.8, 4) is 11.3 Å². The number of pyridine rings is 1. The number of ether oxygens (including phenoxy) is 1. The monoisotopic (exact) mass is 273 g/mol. The second-order valence-electron chi connectivity index (χ2n) is 4.10. The lowest BCUT2D eigenvalue weighted by atomic mass is 10.0. The van der Waals surface area contributed by atoms with Gasteiger partial charge in [-0.15, -0.1) is 0 Å². The molecule has 20 heavy (non-hydrogen) atoms. The van der Waals surface area contributed by atoms with E-state index < -0.39 is 11.5 Å². The predicted octanol–water partition coefficient (Wildman–Crippen LogP) is 1.57. The first kappa shape index (κ1) is 13.9. The first-order chi connectivity index (χ1) is 9.67. The van der Waals surface area contributed by atoms with Gasteiger partial charge in [-0.3, -0.25) is 9.78 Å². The number of aromatic amines is 1. The summed E-state index contributed by atoms with van der Waals surface area (Å²) < 4.78 is 4.86. The van der Waals surface area contributed by atoms with Gasteiger partial charge in [0.2, 0.25) is 0 Å². The Morgan fingerprint density at radius 3 is 2.90 bits per heavy atom. The molecule has 0 spiro atoms. The van der Waals surface area contributed by atoms with Crippen molar-refractivity contribution in [1.82, 2.24) is 15.2 Å². The summed E-state index contributed by atoms with van der Waals surface area (Å²) >= 11 is 0. The summed E-state index contributed by atoms with van der Waals surface area (Å²) in [5.74, 6) is -0.649. The van der Waals surface area contributed by atoms with Crippen LogP contribution in [0.15, 0.2) is 29.3 Å². The Morgan fingerprint density at radius 2 is 2.20 bits per heavy atom. The lowest BCUT2D eigenvalue weighted by molar-refractivity contribution is 0.0524. The molecule has 0 saturated carbocycles. The first-order valence-corrected chi connectivity index (χ1v) is 6.37. The number of hydrogen-bond acceptors (Lipinski definition) is 5. The third-order valence-electron chi connectivity index (χ3n) is 2.86. The van der Waals surface area contributed by atoms with Crippen molar-refractivity contribution in [2.75, 3.05) is 6.61 Å². The van der Waals surface area contributed by atoms with E-state index in [0.29, 0.717) is 5.69 Å². The number of hydrogen-bond donors (Lipinski definition) is 1. The SMILES string of the molecule is CCOC(=O)c1cc(-c2ccncc2CC)n[nH]c1=O. The summed E-state index contributed by atoms with van der Waals surface area (Å²) in [7, 11) is 0. The maximum Gasteiger partial charge on any atom is 0.343 e. The lowest BCUT2D eigenvalue weighted by Gasteiger charge is -2.07. The van der Waals surface area contributed by atoms with E-state index in [1.54, 1.807) is 25.4 Å². The van der Waals surface area contributed by atoms with Crippen LogP contribution in [0.1, 0.15) is 29.8 Å². The lowest BCUT2D eigenvalue weighted by Crippen LogP contribution is -2.21. The van der Waals surface area contributed by atoms with Crippen molar-refractivity contribution in [2.24, 2.45) is 0 Å². The van der Waals surface area contributed by atoms with Gasteiger partial charge in [-0.2, -0.15) is 5.10 Å². The zero-order valence-electron chi connectivity index (χ0n) is 11.3. The molecule has 2 aromatic heterocycles. The molecule has 2 rings (SSSR count). The molecule has 0 unspecified atom stereocenters. The van der Waals surface area contributed by atoms with Gasteiger partial charge in [0.25, 0.3) is 5.56 Å². The molecule has 0 aliphatic carbocycles. The molecule has 0 saturated heterocycles. The second-order valence-corrected chi connectivity index (χ2v) is 4.10. The maximum atomic E-state index is 11.7. The van der Waals surface area contributed by atoms with E-state index in [1.165, 1.54) is 6.07 Å². The van der Waals surface area contributed by atoms with Gasteiger partial charge in [0.15, 0.2) is 0 Å². The van der Waals surface area contributed by atoms with E-state index in [9.17, 15) is 9.59 Å². The zero-order valence-corrected chi connectivity index (χ0v) is 11.3. The molecular formula is C14H15N3O3. The topological polar surface area (TPSA) is 84.9 Å². The number of aryl methyl sites for hydroxylation is 1. The number of carbonyl (C=O) groups is 1. The molecule has 6 heteroatoms. The molecule has 1 N–H and O–H groups in total. The number of nitrogens with one attached hydrogen (secondary N) is 1. The maximum absolute atomic E-state index is 11.7. The first-order valence-electron chi connectivity index (χ1n) is 6.37. The number of H-pyrrole nitrogens is 1. The second kappa shape index (κ2) is 6.10. The zero-order chi connectivity index (χ0) is 14.5. The average molecular weight is 273 g/mol. The molecule has 2 heterocycles. The van der Waals surface area contributed by atoms with Crippen LogP contribution in [-0.4, -0.2) is 27.8 Å². The molecule has 2 aromatic rings. The van der Waals surface area contributed by atoms with Crippen LogP contribution in [-0.2, 0) is 11.2 Å². The predicted molar refractivity (Wildman–Crippen MR) is 73.4 cm³/mol. The van der Waals surface area contributed by atoms with E-state index in [-0.39, 0.29) is 12.2 Å². The van der Waals surface area contributed by atoms with Crippen molar-refractivity contribution in [3.05, 3.63) is 46.0 Å². The number of aromatic nitrogens is 3. The van der Waals surface area contributed by atoms with E-state index in [4.69, 9.17) is 4.74 Å². The van der Waals surface area contributed by atoms with Gasteiger partial charge in [0, 0.05) is 18.0 Å². The van der Waals surface area contributed by atoms with Crippen molar-refractivity contribution < 1.29 is 9.53 Å². The highest BCUT2D eigenvalue weighted by Gasteiger charge is 2.15. The van der Waals surface area contributed by atoms with E-state index in [2.05, 4.69) is 15.2 Å². The van der Waals surface area contributed by atoms with Crippen molar-refractivity contribution in [1.29, 1.82) is 0 Å². The van der Waals surface area contributed by atoms with Crippen molar-refractivity contribution in [3.63, 3.8) is 0 Å². The van der Waals surface area contributed by atoms with Gasteiger partial charge in [0.05, 0.1) is 12.3 Å². The highest BCUT2D eigenvalue weighted by Crippen LogP contribution is 2.20. The minimum atomic E-state index is -0.649. The Hall–Kier alpha value is -2.50. The summed E-state index contributed by atoms with van der Waals surface area (Å²) in [6.45, 7) is 3.90. The smallest absolute Gasteiger partial charge is 0.343 e. The molecule has 0 aliphatic rings. The number of nitrogens with zero attached hydrogens (tertiary/aromatic N) is 2. The molecule has 104 valence electrons.